The minimum absolute atomic E-state index is 1.14. The van der Waals surface area contributed by atoms with Gasteiger partial charge in [0, 0.05) is 0 Å². The van der Waals surface area contributed by atoms with E-state index in [1.165, 1.54) is 0 Å². The highest BCUT2D eigenvalue weighted by molar-refractivity contribution is 7.54. The standard InChI is InChI=1S/C3H9ClSi.Cl3HSi/c1-5(2,3)4;1-4(2)3/h1-3H3;4H. The van der Waals surface area contributed by atoms with E-state index >= 15 is 0 Å². The molecule has 0 aliphatic heterocycles. The van der Waals surface area contributed by atoms with Crippen molar-refractivity contribution < 1.29 is 0 Å². The van der Waals surface area contributed by atoms with Crippen LogP contribution in [0.4, 0.5) is 0 Å². The van der Waals surface area contributed by atoms with Crippen molar-refractivity contribution in [2.75, 3.05) is 0 Å². The Hall–Kier alpha value is 1.59. The van der Waals surface area contributed by atoms with Gasteiger partial charge in [-0.2, -0.15) is 11.1 Å². The zero-order chi connectivity index (χ0) is 8.08. The second-order valence-corrected chi connectivity index (χ2v) is 16.3. The van der Waals surface area contributed by atoms with Gasteiger partial charge in [-0.1, -0.05) is 19.6 Å². The van der Waals surface area contributed by atoms with Crippen LogP contribution in [0.2, 0.25) is 19.6 Å². The second kappa shape index (κ2) is 6.31. The van der Waals surface area contributed by atoms with Crippen molar-refractivity contribution in [1.82, 2.24) is 0 Å². The fourth-order valence-corrected chi connectivity index (χ4v) is 0. The minimum Gasteiger partial charge on any atom is -0.168 e. The van der Waals surface area contributed by atoms with Gasteiger partial charge in [0.2, 0.25) is 0 Å². The van der Waals surface area contributed by atoms with Crippen molar-refractivity contribution in [3.63, 3.8) is 0 Å². The molecule has 0 aromatic carbocycles. The third kappa shape index (κ3) is 218. The van der Waals surface area contributed by atoms with Crippen molar-refractivity contribution in [1.29, 1.82) is 0 Å². The topological polar surface area (TPSA) is 0 Å². The maximum Gasteiger partial charge on any atom is 0.326 e. The van der Waals surface area contributed by atoms with Crippen molar-refractivity contribution in [2.24, 2.45) is 0 Å². The highest BCUT2D eigenvalue weighted by atomic mass is 35.8. The Labute approximate surface area is 77.9 Å². The lowest BCUT2D eigenvalue weighted by Crippen LogP contribution is -2.06. The number of hydrogen-bond acceptors (Lipinski definition) is 0. The van der Waals surface area contributed by atoms with Crippen LogP contribution in [-0.2, 0) is 0 Å². The number of hydrogen-bond donors (Lipinski definition) is 0. The lowest BCUT2D eigenvalue weighted by Gasteiger charge is -1.97. The number of rotatable bonds is 0. The van der Waals surface area contributed by atoms with Gasteiger partial charge >= 0.3 is 6.73 Å². The van der Waals surface area contributed by atoms with Gasteiger partial charge < -0.3 is 0 Å². The van der Waals surface area contributed by atoms with E-state index in [0.717, 1.165) is 0 Å². The van der Waals surface area contributed by atoms with E-state index < -0.39 is 14.1 Å². The number of halogens is 4. The van der Waals surface area contributed by atoms with Gasteiger partial charge in [-0.15, -0.1) is 33.2 Å². The summed E-state index contributed by atoms with van der Waals surface area (Å²) >= 11 is 20.5. The van der Waals surface area contributed by atoms with E-state index in [0.29, 0.717) is 0 Å². The van der Waals surface area contributed by atoms with Crippen LogP contribution >= 0.6 is 44.3 Å². The van der Waals surface area contributed by atoms with Crippen LogP contribution in [-0.4, -0.2) is 14.1 Å². The molecule has 0 atom stereocenters. The SMILES string of the molecule is C[Si](C)(C)Cl.Cl[SiH](Cl)Cl. The first kappa shape index (κ1) is 13.2. The molecule has 0 bridgehead atoms. The van der Waals surface area contributed by atoms with Gasteiger partial charge in [0.15, 0.2) is 0 Å². The molecule has 0 saturated carbocycles. The van der Waals surface area contributed by atoms with E-state index in [-0.39, 0.29) is 0 Å². The lowest BCUT2D eigenvalue weighted by atomic mass is 11.8. The van der Waals surface area contributed by atoms with Crippen molar-refractivity contribution in [3.05, 3.63) is 0 Å². The fourth-order valence-electron chi connectivity index (χ4n) is 0. The van der Waals surface area contributed by atoms with E-state index in [2.05, 4.69) is 19.6 Å². The van der Waals surface area contributed by atoms with Crippen molar-refractivity contribution in [2.45, 2.75) is 19.6 Å². The first-order valence-electron chi connectivity index (χ1n) is 2.34. The molecule has 0 aromatic heterocycles. The molecule has 0 N–H and O–H groups in total. The molecule has 0 amide bonds. The third-order valence-electron chi connectivity index (χ3n) is 0. The molecule has 0 spiro atoms. The first-order valence-corrected chi connectivity index (χ1v) is 12.1. The molecule has 0 nitrogen and oxygen atoms in total. The Balaban J connectivity index is 0. The quantitative estimate of drug-likeness (QED) is 0.452. The summed E-state index contributed by atoms with van der Waals surface area (Å²) in [4.78, 5) is 0. The Bertz CT molecular complexity index is 50.6. The lowest BCUT2D eigenvalue weighted by molar-refractivity contribution is 1.87. The van der Waals surface area contributed by atoms with Gasteiger partial charge in [0.05, 0.1) is 0 Å². The van der Waals surface area contributed by atoms with Gasteiger partial charge in [-0.25, -0.2) is 0 Å². The highest BCUT2D eigenvalue weighted by Gasteiger charge is 2.04. The van der Waals surface area contributed by atoms with E-state index in [1.54, 1.807) is 0 Å². The molecular weight excluding hydrogens is 234 g/mol. The fraction of sp³-hybridized carbons (Fsp3) is 1.00. The maximum absolute atomic E-state index is 5.67. The molecule has 0 heterocycles. The molecule has 0 saturated heterocycles. The smallest absolute Gasteiger partial charge is 0.168 e. The zero-order valence-electron chi connectivity index (χ0n) is 5.59. The molecule has 0 aliphatic rings. The molecule has 58 valence electrons. The summed E-state index contributed by atoms with van der Waals surface area (Å²) in [5, 5.41) is 0. The van der Waals surface area contributed by atoms with E-state index in [1.807, 2.05) is 0 Å². The summed E-state index contributed by atoms with van der Waals surface area (Å²) < 4.78 is 0. The Morgan fingerprint density at radius 3 is 1.00 bits per heavy atom. The summed E-state index contributed by atoms with van der Waals surface area (Å²) in [6.07, 6.45) is 0. The molecule has 0 rings (SSSR count). The van der Waals surface area contributed by atoms with E-state index in [9.17, 15) is 0 Å². The third-order valence-corrected chi connectivity index (χ3v) is 0. The van der Waals surface area contributed by atoms with Gasteiger partial charge in [0.25, 0.3) is 0 Å². The maximum atomic E-state index is 5.67. The van der Waals surface area contributed by atoms with Crippen LogP contribution < -0.4 is 0 Å². The minimum atomic E-state index is -1.72. The second-order valence-electron chi connectivity index (χ2n) is 2.31. The summed E-state index contributed by atoms with van der Waals surface area (Å²) in [6.45, 7) is 4.55. The van der Waals surface area contributed by atoms with Gasteiger partial charge in [-0.3, -0.25) is 0 Å². The molecular formula is C3H10Cl4Si2. The largest absolute Gasteiger partial charge is 0.326 e. The molecule has 0 aliphatic carbocycles. The average Bonchev–Trinajstić information content (AvgIpc) is 1.19. The van der Waals surface area contributed by atoms with Crippen molar-refractivity contribution in [3.8, 4) is 0 Å². The first-order chi connectivity index (χ1) is 3.73. The normalized spacial score (nSPS) is 10.7. The van der Waals surface area contributed by atoms with Crippen molar-refractivity contribution >= 4 is 58.4 Å². The van der Waals surface area contributed by atoms with Gasteiger partial charge in [0.1, 0.15) is 7.38 Å². The molecule has 0 fully saturated rings. The Kier molecular flexibility index (Phi) is 9.26. The summed E-state index contributed by atoms with van der Waals surface area (Å²) in [6, 6.07) is 0. The Morgan fingerprint density at radius 2 is 1.00 bits per heavy atom. The highest BCUT2D eigenvalue weighted by Crippen LogP contribution is 2.03. The molecule has 0 aromatic rings. The van der Waals surface area contributed by atoms with Crippen LogP contribution in [0.5, 0.6) is 0 Å². The van der Waals surface area contributed by atoms with Gasteiger partial charge in [-0.05, 0) is 0 Å². The molecule has 6 heteroatoms. The predicted octanol–water partition coefficient (Wildman–Crippen LogP) is 3.48. The molecule has 0 radical (unpaired) electrons. The predicted molar refractivity (Wildman–Crippen MR) is 53.9 cm³/mol. The molecule has 0 unspecified atom stereocenters. The Morgan fingerprint density at radius 1 is 1.00 bits per heavy atom. The van der Waals surface area contributed by atoms with Crippen LogP contribution in [0.15, 0.2) is 0 Å². The van der Waals surface area contributed by atoms with Crippen LogP contribution in [0.3, 0.4) is 0 Å². The zero-order valence-corrected chi connectivity index (χ0v) is 10.8. The van der Waals surface area contributed by atoms with Crippen LogP contribution in [0.1, 0.15) is 0 Å². The molecule has 9 heavy (non-hydrogen) atoms. The average molecular weight is 244 g/mol. The summed E-state index contributed by atoms with van der Waals surface area (Å²) in [5.41, 5.74) is 0. The summed E-state index contributed by atoms with van der Waals surface area (Å²) in [5.74, 6) is 0. The van der Waals surface area contributed by atoms with Crippen LogP contribution in [0, 0.1) is 0 Å². The monoisotopic (exact) mass is 242 g/mol. The van der Waals surface area contributed by atoms with Crippen LogP contribution in [0.25, 0.3) is 0 Å². The summed E-state index contributed by atoms with van der Waals surface area (Å²) in [7, 11) is -1.14. The van der Waals surface area contributed by atoms with E-state index in [4.69, 9.17) is 44.3 Å².